The third kappa shape index (κ3) is 6.39. The van der Waals surface area contributed by atoms with Crippen molar-refractivity contribution in [1.29, 1.82) is 0 Å². The maximum absolute atomic E-state index is 5.88. The Kier molecular flexibility index (Phi) is 8.84. The van der Waals surface area contributed by atoms with Gasteiger partial charge in [0.1, 0.15) is 12.4 Å². The van der Waals surface area contributed by atoms with Gasteiger partial charge in [0.15, 0.2) is 10.9 Å². The molecule has 3 nitrogen and oxygen atoms in total. The molecule has 0 radical (unpaired) electrons. The van der Waals surface area contributed by atoms with E-state index in [4.69, 9.17) is 14.2 Å². The first-order chi connectivity index (χ1) is 9.31. The molecular formula is C15H26O3S. The van der Waals surface area contributed by atoms with E-state index >= 15 is 0 Å². The van der Waals surface area contributed by atoms with Gasteiger partial charge in [0.05, 0.1) is 6.61 Å². The second-order valence-corrected chi connectivity index (χ2v) is 5.67. The van der Waals surface area contributed by atoms with Crippen molar-refractivity contribution in [3.05, 3.63) is 23.2 Å². The van der Waals surface area contributed by atoms with E-state index in [0.29, 0.717) is 0 Å². The lowest BCUT2D eigenvalue weighted by Crippen LogP contribution is -2.20. The van der Waals surface area contributed by atoms with Gasteiger partial charge in [-0.3, -0.25) is 0 Å². The first-order valence-electron chi connectivity index (χ1n) is 7.27. The summed E-state index contributed by atoms with van der Waals surface area (Å²) >= 11 is 1.68. The minimum Gasteiger partial charge on any atom is -0.492 e. The average molecular weight is 286 g/mol. The molecule has 1 atom stereocenters. The molecule has 110 valence electrons. The Balaban J connectivity index is 2.51. The molecule has 1 heterocycles. The number of rotatable bonds is 10. The highest BCUT2D eigenvalue weighted by molar-refractivity contribution is 8.02. The van der Waals surface area contributed by atoms with Crippen molar-refractivity contribution in [1.82, 2.24) is 0 Å². The average Bonchev–Trinajstić information content (AvgIpc) is 2.42. The van der Waals surface area contributed by atoms with Gasteiger partial charge in [-0.25, -0.2) is 0 Å². The number of unbranched alkanes of at least 4 members (excludes halogenated alkanes) is 2. The Morgan fingerprint density at radius 2 is 1.89 bits per heavy atom. The lowest BCUT2D eigenvalue weighted by atomic mass is 10.2. The summed E-state index contributed by atoms with van der Waals surface area (Å²) in [5.74, 6) is 1.79. The summed E-state index contributed by atoms with van der Waals surface area (Å²) < 4.78 is 17.2. The van der Waals surface area contributed by atoms with Crippen LogP contribution in [0.15, 0.2) is 23.2 Å². The van der Waals surface area contributed by atoms with E-state index in [1.165, 1.54) is 0 Å². The fourth-order valence-electron chi connectivity index (χ4n) is 1.59. The van der Waals surface area contributed by atoms with Crippen LogP contribution in [0.1, 0.15) is 46.5 Å². The predicted octanol–water partition coefficient (Wildman–Crippen LogP) is 4.45. The van der Waals surface area contributed by atoms with Crippen molar-refractivity contribution in [3.63, 3.8) is 0 Å². The Morgan fingerprint density at radius 1 is 1.16 bits per heavy atom. The largest absolute Gasteiger partial charge is 0.492 e. The lowest BCUT2D eigenvalue weighted by Gasteiger charge is -2.23. The highest BCUT2D eigenvalue weighted by Crippen LogP contribution is 2.26. The summed E-state index contributed by atoms with van der Waals surface area (Å²) in [6, 6.07) is 0. The fraction of sp³-hybridized carbons (Fsp3) is 0.733. The Bertz CT molecular complexity index is 300. The molecule has 0 amide bonds. The summed E-state index contributed by atoms with van der Waals surface area (Å²) in [6.45, 7) is 7.91. The summed E-state index contributed by atoms with van der Waals surface area (Å²) in [5, 5.41) is 0.909. The van der Waals surface area contributed by atoms with Crippen LogP contribution in [0.3, 0.4) is 0 Å². The summed E-state index contributed by atoms with van der Waals surface area (Å²) in [6.07, 6.45) is 8.02. The number of thioether (sulfide) groups is 1. The third-order valence-corrected chi connectivity index (χ3v) is 3.51. The maximum atomic E-state index is 5.88. The maximum Gasteiger partial charge on any atom is 0.164 e. The molecular weight excluding hydrogens is 260 g/mol. The van der Waals surface area contributed by atoms with Crippen LogP contribution in [0.5, 0.6) is 0 Å². The summed E-state index contributed by atoms with van der Waals surface area (Å²) in [7, 11) is 0. The topological polar surface area (TPSA) is 27.7 Å². The van der Waals surface area contributed by atoms with Gasteiger partial charge in [-0.15, -0.1) is 0 Å². The van der Waals surface area contributed by atoms with E-state index in [0.717, 1.165) is 55.5 Å². The van der Waals surface area contributed by atoms with Crippen LogP contribution in [0, 0.1) is 0 Å². The molecule has 0 saturated heterocycles. The van der Waals surface area contributed by atoms with Crippen LogP contribution in [-0.4, -0.2) is 25.1 Å². The van der Waals surface area contributed by atoms with E-state index < -0.39 is 0 Å². The molecule has 4 heteroatoms. The van der Waals surface area contributed by atoms with Crippen LogP contribution in [0.25, 0.3) is 0 Å². The molecule has 1 aliphatic heterocycles. The molecule has 1 aliphatic rings. The monoisotopic (exact) mass is 286 g/mol. The zero-order valence-corrected chi connectivity index (χ0v) is 13.1. The lowest BCUT2D eigenvalue weighted by molar-refractivity contribution is 0.0417. The van der Waals surface area contributed by atoms with E-state index in [2.05, 4.69) is 20.8 Å². The molecule has 0 aromatic rings. The van der Waals surface area contributed by atoms with Crippen molar-refractivity contribution in [2.24, 2.45) is 0 Å². The highest BCUT2D eigenvalue weighted by Gasteiger charge is 2.20. The molecule has 0 bridgehead atoms. The van der Waals surface area contributed by atoms with E-state index in [9.17, 15) is 0 Å². The van der Waals surface area contributed by atoms with Crippen LogP contribution in [-0.2, 0) is 14.2 Å². The Morgan fingerprint density at radius 3 is 2.58 bits per heavy atom. The quantitative estimate of drug-likeness (QED) is 0.554. The Hall–Kier alpha value is -0.610. The Labute approximate surface area is 121 Å². The number of hydrogen-bond acceptors (Lipinski definition) is 4. The zero-order valence-electron chi connectivity index (χ0n) is 12.3. The second-order valence-electron chi connectivity index (χ2n) is 4.40. The predicted molar refractivity (Wildman–Crippen MR) is 80.9 cm³/mol. The molecule has 1 unspecified atom stereocenters. The van der Waals surface area contributed by atoms with Crippen molar-refractivity contribution in [2.45, 2.75) is 52.6 Å². The standard InChI is InChI=1S/C15H26O3S/c1-4-7-9-16-13-11-15(19-6-3)18-12-14(13)17-10-8-5-2/h11-13H,4-10H2,1-3H3. The number of ether oxygens (including phenoxy) is 3. The van der Waals surface area contributed by atoms with Gasteiger partial charge in [0, 0.05) is 12.7 Å². The second kappa shape index (κ2) is 10.2. The van der Waals surface area contributed by atoms with Crippen LogP contribution in [0.2, 0.25) is 0 Å². The van der Waals surface area contributed by atoms with Gasteiger partial charge >= 0.3 is 0 Å². The first kappa shape index (κ1) is 16.4. The summed E-state index contributed by atoms with van der Waals surface area (Å²) in [4.78, 5) is 0. The van der Waals surface area contributed by atoms with Gasteiger partial charge < -0.3 is 14.2 Å². The normalized spacial score (nSPS) is 18.6. The third-order valence-electron chi connectivity index (χ3n) is 2.71. The van der Waals surface area contributed by atoms with Crippen molar-refractivity contribution >= 4 is 11.8 Å². The highest BCUT2D eigenvalue weighted by atomic mass is 32.2. The van der Waals surface area contributed by atoms with Gasteiger partial charge in [0.2, 0.25) is 0 Å². The SMILES string of the molecule is CCCCOC1=COC(SCC)=CC1OCCCC. The number of hydrogen-bond donors (Lipinski definition) is 0. The van der Waals surface area contributed by atoms with Crippen LogP contribution >= 0.6 is 11.8 Å². The molecule has 0 N–H and O–H groups in total. The molecule has 1 rings (SSSR count). The van der Waals surface area contributed by atoms with Crippen LogP contribution in [0.4, 0.5) is 0 Å². The minimum atomic E-state index is -0.0915. The van der Waals surface area contributed by atoms with Gasteiger partial charge in [0.25, 0.3) is 0 Å². The first-order valence-corrected chi connectivity index (χ1v) is 8.26. The molecule has 19 heavy (non-hydrogen) atoms. The fourth-order valence-corrected chi connectivity index (χ4v) is 2.21. The van der Waals surface area contributed by atoms with Crippen molar-refractivity contribution in [3.8, 4) is 0 Å². The smallest absolute Gasteiger partial charge is 0.164 e. The zero-order chi connectivity index (χ0) is 13.9. The van der Waals surface area contributed by atoms with Crippen molar-refractivity contribution in [2.75, 3.05) is 19.0 Å². The minimum absolute atomic E-state index is 0.0915. The van der Waals surface area contributed by atoms with E-state index in [-0.39, 0.29) is 6.10 Å². The van der Waals surface area contributed by atoms with E-state index in [1.807, 2.05) is 6.08 Å². The van der Waals surface area contributed by atoms with E-state index in [1.54, 1.807) is 18.0 Å². The molecule has 0 aromatic carbocycles. The molecule has 0 spiro atoms. The van der Waals surface area contributed by atoms with Gasteiger partial charge in [-0.05, 0) is 18.6 Å². The van der Waals surface area contributed by atoms with Gasteiger partial charge in [-0.2, -0.15) is 0 Å². The molecule has 0 aliphatic carbocycles. The van der Waals surface area contributed by atoms with Gasteiger partial charge in [-0.1, -0.05) is 45.4 Å². The molecule has 0 fully saturated rings. The molecule has 0 saturated carbocycles. The molecule has 0 aromatic heterocycles. The van der Waals surface area contributed by atoms with Crippen molar-refractivity contribution < 1.29 is 14.2 Å². The van der Waals surface area contributed by atoms with Crippen LogP contribution < -0.4 is 0 Å². The summed E-state index contributed by atoms with van der Waals surface area (Å²) in [5.41, 5.74) is 0.